The first-order valence-electron chi connectivity index (χ1n) is 8.24. The van der Waals surface area contributed by atoms with E-state index in [0.29, 0.717) is 5.69 Å². The summed E-state index contributed by atoms with van der Waals surface area (Å²) in [7, 11) is 1.88. The second-order valence-electron chi connectivity index (χ2n) is 5.49. The summed E-state index contributed by atoms with van der Waals surface area (Å²) in [5.41, 5.74) is 2.52. The molecular formula is C20H19N3O3. The van der Waals surface area contributed by atoms with E-state index in [1.165, 1.54) is 0 Å². The molecular weight excluding hydrogens is 330 g/mol. The monoisotopic (exact) mass is 349 g/mol. The predicted molar refractivity (Wildman–Crippen MR) is 102 cm³/mol. The third-order valence-corrected chi connectivity index (χ3v) is 3.77. The predicted octanol–water partition coefficient (Wildman–Crippen LogP) is 4.13. The van der Waals surface area contributed by atoms with Gasteiger partial charge in [0.05, 0.1) is 12.8 Å². The molecule has 0 N–H and O–H groups in total. The number of nitrogens with zero attached hydrogens (tertiary/aromatic N) is 3. The third-order valence-electron chi connectivity index (χ3n) is 3.77. The lowest BCUT2D eigenvalue weighted by molar-refractivity contribution is 0.100. The molecule has 0 saturated carbocycles. The molecule has 0 aliphatic rings. The summed E-state index contributed by atoms with van der Waals surface area (Å²) in [5, 5.41) is 9.18. The van der Waals surface area contributed by atoms with E-state index >= 15 is 0 Å². The molecule has 0 fully saturated rings. The van der Waals surface area contributed by atoms with E-state index in [9.17, 15) is 4.79 Å². The number of hydrogen-bond donors (Lipinski definition) is 0. The van der Waals surface area contributed by atoms with Gasteiger partial charge in [0.1, 0.15) is 5.69 Å². The van der Waals surface area contributed by atoms with E-state index in [1.807, 2.05) is 72.3 Å². The number of ether oxygens (including phenoxy) is 2. The van der Waals surface area contributed by atoms with Crippen molar-refractivity contribution in [2.24, 2.45) is 17.3 Å². The van der Waals surface area contributed by atoms with Gasteiger partial charge in [-0.2, -0.15) is 5.10 Å². The smallest absolute Gasteiger partial charge is 0.434 e. The van der Waals surface area contributed by atoms with Crippen LogP contribution in [0.15, 0.2) is 70.9 Å². The molecule has 0 unspecified atom stereocenters. The number of carbonyl (C=O) groups is 1. The zero-order valence-electron chi connectivity index (χ0n) is 14.6. The molecule has 3 aromatic rings. The number of benzene rings is 2. The Bertz CT molecular complexity index is 959. The second kappa shape index (κ2) is 8.11. The van der Waals surface area contributed by atoms with Crippen molar-refractivity contribution >= 4 is 29.2 Å². The van der Waals surface area contributed by atoms with Crippen molar-refractivity contribution in [3.05, 3.63) is 71.9 Å². The minimum absolute atomic E-state index is 0.0781. The molecule has 0 aliphatic carbocycles. The number of aryl methyl sites for hydroxylation is 1. The van der Waals surface area contributed by atoms with Crippen LogP contribution in [0.1, 0.15) is 18.2 Å². The summed E-state index contributed by atoms with van der Waals surface area (Å²) in [6.45, 7) is 1.93. The molecule has 26 heavy (non-hydrogen) atoms. The van der Waals surface area contributed by atoms with Crippen molar-refractivity contribution in [2.75, 3.05) is 6.61 Å². The van der Waals surface area contributed by atoms with Gasteiger partial charge in [-0.1, -0.05) is 48.5 Å². The van der Waals surface area contributed by atoms with Gasteiger partial charge in [-0.3, -0.25) is 0 Å². The van der Waals surface area contributed by atoms with Crippen LogP contribution >= 0.6 is 0 Å². The fourth-order valence-electron chi connectivity index (χ4n) is 2.53. The Kier molecular flexibility index (Phi) is 5.43. The molecule has 6 nitrogen and oxygen atoms in total. The van der Waals surface area contributed by atoms with Crippen LogP contribution in [-0.2, 0) is 16.5 Å². The van der Waals surface area contributed by atoms with E-state index in [4.69, 9.17) is 9.47 Å². The van der Waals surface area contributed by atoms with Gasteiger partial charge in [-0.05, 0) is 24.6 Å². The highest BCUT2D eigenvalue weighted by Crippen LogP contribution is 2.19. The maximum Gasteiger partial charge on any atom is 0.515 e. The van der Waals surface area contributed by atoms with Gasteiger partial charge in [0.15, 0.2) is 0 Å². The van der Waals surface area contributed by atoms with E-state index < -0.39 is 6.16 Å². The molecule has 1 aromatic heterocycles. The lowest BCUT2D eigenvalue weighted by atomic mass is 10.2. The van der Waals surface area contributed by atoms with E-state index in [1.54, 1.807) is 13.1 Å². The summed E-state index contributed by atoms with van der Waals surface area (Å²) in [6, 6.07) is 19.3. The molecule has 1 heterocycles. The molecule has 132 valence electrons. The van der Waals surface area contributed by atoms with Crippen LogP contribution in [0, 0.1) is 0 Å². The van der Waals surface area contributed by atoms with Crippen molar-refractivity contribution in [3.8, 4) is 0 Å². The Morgan fingerprint density at radius 3 is 2.58 bits per heavy atom. The fraction of sp³-hybridized carbons (Fsp3) is 0.150. The Morgan fingerprint density at radius 1 is 1.12 bits per heavy atom. The topological polar surface area (TPSA) is 65.2 Å². The first-order chi connectivity index (χ1) is 12.7. The van der Waals surface area contributed by atoms with Gasteiger partial charge in [0.2, 0.25) is 0 Å². The highest BCUT2D eigenvalue weighted by molar-refractivity contribution is 6.02. The molecule has 0 amide bonds. The standard InChI is InChI=1S/C20H19N3O3/c1-3-25-20(24)26-19(22-21-14-15-9-5-4-6-10-15)18-13-16-11-7-8-12-17(16)23(18)2/h4-14H,3H2,1-2H3/b21-14-,22-19+. The summed E-state index contributed by atoms with van der Waals surface area (Å²) in [6.07, 6.45) is 0.781. The Hall–Kier alpha value is -3.41. The minimum Gasteiger partial charge on any atom is -0.434 e. The Morgan fingerprint density at radius 2 is 1.85 bits per heavy atom. The summed E-state index contributed by atoms with van der Waals surface area (Å²) >= 11 is 0. The molecule has 0 saturated heterocycles. The van der Waals surface area contributed by atoms with Crippen LogP contribution in [0.4, 0.5) is 4.79 Å². The van der Waals surface area contributed by atoms with Crippen molar-refractivity contribution in [3.63, 3.8) is 0 Å². The van der Waals surface area contributed by atoms with Crippen molar-refractivity contribution in [1.82, 2.24) is 4.57 Å². The summed E-state index contributed by atoms with van der Waals surface area (Å²) < 4.78 is 12.0. The number of para-hydroxylation sites is 1. The number of rotatable bonds is 4. The summed E-state index contributed by atoms with van der Waals surface area (Å²) in [5.74, 6) is 0.0781. The largest absolute Gasteiger partial charge is 0.515 e. The average Bonchev–Trinajstić information content (AvgIpc) is 2.99. The maximum absolute atomic E-state index is 11.8. The normalized spacial score (nSPS) is 11.8. The Balaban J connectivity index is 1.96. The number of carbonyl (C=O) groups excluding carboxylic acids is 1. The maximum atomic E-state index is 11.8. The van der Waals surface area contributed by atoms with Crippen LogP contribution in [-0.4, -0.2) is 29.4 Å². The van der Waals surface area contributed by atoms with Gasteiger partial charge >= 0.3 is 6.16 Å². The minimum atomic E-state index is -0.814. The second-order valence-corrected chi connectivity index (χ2v) is 5.49. The first kappa shape index (κ1) is 17.4. The molecule has 0 atom stereocenters. The van der Waals surface area contributed by atoms with Gasteiger partial charge in [0.25, 0.3) is 5.90 Å². The van der Waals surface area contributed by atoms with Gasteiger partial charge in [0, 0.05) is 18.0 Å². The van der Waals surface area contributed by atoms with Crippen LogP contribution < -0.4 is 0 Å². The highest BCUT2D eigenvalue weighted by Gasteiger charge is 2.17. The molecule has 0 bridgehead atoms. The zero-order valence-corrected chi connectivity index (χ0v) is 14.6. The van der Waals surface area contributed by atoms with Crippen molar-refractivity contribution in [1.29, 1.82) is 0 Å². The lowest BCUT2D eigenvalue weighted by Crippen LogP contribution is -2.17. The zero-order chi connectivity index (χ0) is 18.4. The fourth-order valence-corrected chi connectivity index (χ4v) is 2.53. The highest BCUT2D eigenvalue weighted by atomic mass is 16.7. The van der Waals surface area contributed by atoms with E-state index in [-0.39, 0.29) is 12.5 Å². The van der Waals surface area contributed by atoms with Crippen molar-refractivity contribution in [2.45, 2.75) is 6.92 Å². The van der Waals surface area contributed by atoms with Crippen LogP contribution in [0.3, 0.4) is 0 Å². The number of fused-ring (bicyclic) bond motifs is 1. The molecule has 6 heteroatoms. The van der Waals surface area contributed by atoms with Gasteiger partial charge < -0.3 is 14.0 Å². The Labute approximate surface area is 151 Å². The quantitative estimate of drug-likeness (QED) is 0.308. The average molecular weight is 349 g/mol. The molecule has 3 rings (SSSR count). The van der Waals surface area contributed by atoms with Crippen molar-refractivity contribution < 1.29 is 14.3 Å². The van der Waals surface area contributed by atoms with Crippen LogP contribution in [0.25, 0.3) is 10.9 Å². The SMILES string of the molecule is CCOC(=O)O/C(=N/N=C\c1ccccc1)c1cc2ccccc2n1C. The van der Waals surface area contributed by atoms with Crippen LogP contribution in [0.5, 0.6) is 0 Å². The molecule has 2 aromatic carbocycles. The molecule has 0 spiro atoms. The van der Waals surface area contributed by atoms with Gasteiger partial charge in [-0.25, -0.2) is 4.79 Å². The molecule has 0 radical (unpaired) electrons. The summed E-state index contributed by atoms with van der Waals surface area (Å²) in [4.78, 5) is 11.8. The number of hydrogen-bond acceptors (Lipinski definition) is 5. The van der Waals surface area contributed by atoms with Crippen LogP contribution in [0.2, 0.25) is 0 Å². The lowest BCUT2D eigenvalue weighted by Gasteiger charge is -2.07. The van der Waals surface area contributed by atoms with Gasteiger partial charge in [-0.15, -0.1) is 5.10 Å². The van der Waals surface area contributed by atoms with E-state index in [2.05, 4.69) is 10.2 Å². The first-order valence-corrected chi connectivity index (χ1v) is 8.24. The molecule has 0 aliphatic heterocycles. The number of aromatic nitrogens is 1. The van der Waals surface area contributed by atoms with E-state index in [0.717, 1.165) is 16.5 Å². The third kappa shape index (κ3) is 3.97.